The molecular formula is C22H19F2N3O2. The van der Waals surface area contributed by atoms with Crippen LogP contribution in [0.1, 0.15) is 22.3 Å². The zero-order valence-corrected chi connectivity index (χ0v) is 15.8. The molecule has 6 rings (SSSR count). The molecule has 0 saturated carbocycles. The summed E-state index contributed by atoms with van der Waals surface area (Å²) in [4.78, 5) is 19.4. The first-order valence-electron chi connectivity index (χ1n) is 9.55. The number of anilines is 2. The molecular weight excluding hydrogens is 376 g/mol. The maximum Gasteiger partial charge on any atom is 0.256 e. The Labute approximate surface area is 166 Å². The van der Waals surface area contributed by atoms with Gasteiger partial charge in [-0.25, -0.2) is 13.8 Å². The van der Waals surface area contributed by atoms with Gasteiger partial charge in [0.15, 0.2) is 11.6 Å². The molecule has 5 nitrogen and oxygen atoms in total. The minimum Gasteiger partial charge on any atom is -0.371 e. The number of rotatable bonds is 3. The van der Waals surface area contributed by atoms with Crippen molar-refractivity contribution in [3.63, 3.8) is 0 Å². The quantitative estimate of drug-likeness (QED) is 0.723. The molecule has 2 aromatic carbocycles. The van der Waals surface area contributed by atoms with Crippen LogP contribution in [0, 0.1) is 18.6 Å². The van der Waals surface area contributed by atoms with Gasteiger partial charge in [-0.05, 0) is 24.6 Å². The summed E-state index contributed by atoms with van der Waals surface area (Å²) in [5.41, 5.74) is 1.41. The number of hydrogen-bond acceptors (Lipinski definition) is 4. The van der Waals surface area contributed by atoms with Crippen LogP contribution in [0.25, 0.3) is 10.8 Å². The number of fused-ring (bicyclic) bond motifs is 3. The van der Waals surface area contributed by atoms with Gasteiger partial charge in [-0.3, -0.25) is 4.79 Å². The van der Waals surface area contributed by atoms with Gasteiger partial charge in [0.25, 0.3) is 5.91 Å². The first-order valence-corrected chi connectivity index (χ1v) is 9.55. The second-order valence-corrected chi connectivity index (χ2v) is 7.57. The molecule has 1 N–H and O–H groups in total. The fourth-order valence-electron chi connectivity index (χ4n) is 4.17. The highest BCUT2D eigenvalue weighted by Gasteiger charge is 2.40. The van der Waals surface area contributed by atoms with Crippen molar-refractivity contribution in [1.29, 1.82) is 0 Å². The van der Waals surface area contributed by atoms with Crippen molar-refractivity contribution in [3.05, 3.63) is 65.4 Å². The largest absolute Gasteiger partial charge is 0.371 e. The third kappa shape index (κ3) is 3.02. The van der Waals surface area contributed by atoms with Crippen LogP contribution in [0.15, 0.2) is 42.6 Å². The molecule has 148 valence electrons. The number of nitrogens with zero attached hydrogens (tertiary/aromatic N) is 2. The highest BCUT2D eigenvalue weighted by Crippen LogP contribution is 2.33. The summed E-state index contributed by atoms with van der Waals surface area (Å²) < 4.78 is 33.3. The van der Waals surface area contributed by atoms with E-state index in [1.807, 2.05) is 30.0 Å². The average Bonchev–Trinajstić information content (AvgIpc) is 2.71. The fourth-order valence-corrected chi connectivity index (χ4v) is 4.17. The van der Waals surface area contributed by atoms with Crippen LogP contribution >= 0.6 is 0 Å². The molecule has 3 saturated heterocycles. The molecule has 29 heavy (non-hydrogen) atoms. The van der Waals surface area contributed by atoms with Crippen LogP contribution in [0.2, 0.25) is 0 Å². The van der Waals surface area contributed by atoms with E-state index in [1.165, 1.54) is 18.3 Å². The van der Waals surface area contributed by atoms with Crippen molar-refractivity contribution in [2.75, 3.05) is 18.4 Å². The van der Waals surface area contributed by atoms with Crippen LogP contribution < -0.4 is 5.32 Å². The first-order chi connectivity index (χ1) is 14.0. The van der Waals surface area contributed by atoms with E-state index in [-0.39, 0.29) is 23.8 Å². The number of carbonyl (C=O) groups excluding carboxylic acids is 1. The number of aromatic nitrogens is 1. The van der Waals surface area contributed by atoms with Gasteiger partial charge in [-0.2, -0.15) is 0 Å². The van der Waals surface area contributed by atoms with Crippen molar-refractivity contribution >= 4 is 28.2 Å². The van der Waals surface area contributed by atoms with Crippen molar-refractivity contribution < 1.29 is 18.3 Å². The SMILES string of the molecule is Cc1cccc2c(Nc3cccc(F)c3F)ncc(C(=O)N3CC4CC(C3)O4)c12. The van der Waals surface area contributed by atoms with E-state index in [0.29, 0.717) is 29.9 Å². The number of benzene rings is 2. The molecule has 0 aliphatic carbocycles. The Bertz CT molecular complexity index is 1120. The van der Waals surface area contributed by atoms with Crippen LogP contribution in [-0.2, 0) is 4.74 Å². The summed E-state index contributed by atoms with van der Waals surface area (Å²) in [5.74, 6) is -1.62. The number of amides is 1. The number of carbonyl (C=O) groups is 1. The Morgan fingerprint density at radius 2 is 1.90 bits per heavy atom. The molecule has 3 aliphatic rings. The lowest BCUT2D eigenvalue weighted by atomic mass is 9.96. The Morgan fingerprint density at radius 3 is 2.66 bits per heavy atom. The highest BCUT2D eigenvalue weighted by molar-refractivity contribution is 6.10. The molecule has 1 amide bonds. The summed E-state index contributed by atoms with van der Waals surface area (Å²) in [6.07, 6.45) is 2.76. The summed E-state index contributed by atoms with van der Waals surface area (Å²) >= 11 is 0. The molecule has 4 heterocycles. The molecule has 7 heteroatoms. The third-order valence-corrected chi connectivity index (χ3v) is 5.60. The van der Waals surface area contributed by atoms with Crippen LogP contribution in [0.5, 0.6) is 0 Å². The predicted octanol–water partition coefficient (Wildman–Crippen LogP) is 4.18. The summed E-state index contributed by atoms with van der Waals surface area (Å²) in [7, 11) is 0. The Morgan fingerprint density at radius 1 is 1.17 bits per heavy atom. The number of morpholine rings is 1. The van der Waals surface area contributed by atoms with Crippen molar-refractivity contribution in [2.45, 2.75) is 25.6 Å². The van der Waals surface area contributed by atoms with E-state index in [1.54, 1.807) is 0 Å². The van der Waals surface area contributed by atoms with E-state index in [2.05, 4.69) is 10.3 Å². The second-order valence-electron chi connectivity index (χ2n) is 7.57. The average molecular weight is 395 g/mol. The number of piperidine rings is 1. The third-order valence-electron chi connectivity index (χ3n) is 5.60. The van der Waals surface area contributed by atoms with Crippen LogP contribution in [-0.4, -0.2) is 41.1 Å². The smallest absolute Gasteiger partial charge is 0.256 e. The molecule has 3 fully saturated rings. The molecule has 0 spiro atoms. The minimum atomic E-state index is -0.970. The maximum atomic E-state index is 14.1. The van der Waals surface area contributed by atoms with E-state index in [4.69, 9.17) is 4.74 Å². The monoisotopic (exact) mass is 395 g/mol. The Hall–Kier alpha value is -3.06. The predicted molar refractivity (Wildman–Crippen MR) is 105 cm³/mol. The number of nitrogens with one attached hydrogen (secondary N) is 1. The van der Waals surface area contributed by atoms with E-state index >= 15 is 0 Å². The number of aryl methyl sites for hydroxylation is 1. The van der Waals surface area contributed by atoms with E-state index < -0.39 is 11.6 Å². The highest BCUT2D eigenvalue weighted by atomic mass is 19.2. The van der Waals surface area contributed by atoms with Gasteiger partial charge in [0.1, 0.15) is 5.82 Å². The van der Waals surface area contributed by atoms with E-state index in [9.17, 15) is 13.6 Å². The summed E-state index contributed by atoms with van der Waals surface area (Å²) in [5, 5.41) is 4.31. The van der Waals surface area contributed by atoms with Gasteiger partial charge in [-0.1, -0.05) is 24.3 Å². The van der Waals surface area contributed by atoms with E-state index in [0.717, 1.165) is 23.4 Å². The first kappa shape index (κ1) is 18.0. The second kappa shape index (κ2) is 6.77. The van der Waals surface area contributed by atoms with Crippen molar-refractivity contribution in [2.24, 2.45) is 0 Å². The molecule has 2 bridgehead atoms. The zero-order chi connectivity index (χ0) is 20.1. The molecule has 0 radical (unpaired) electrons. The van der Waals surface area contributed by atoms with Crippen molar-refractivity contribution in [3.8, 4) is 0 Å². The van der Waals surface area contributed by atoms with Gasteiger partial charge >= 0.3 is 0 Å². The lowest BCUT2D eigenvalue weighted by Gasteiger charge is -2.47. The lowest BCUT2D eigenvalue weighted by Crippen LogP contribution is -2.58. The lowest BCUT2D eigenvalue weighted by molar-refractivity contribution is -0.171. The van der Waals surface area contributed by atoms with Gasteiger partial charge in [0, 0.05) is 36.5 Å². The van der Waals surface area contributed by atoms with Crippen LogP contribution in [0.3, 0.4) is 0 Å². The minimum absolute atomic E-state index is 0.00681. The fraction of sp³-hybridized carbons (Fsp3) is 0.273. The normalized spacial score (nSPS) is 20.4. The molecule has 2 atom stereocenters. The number of hydrogen-bond donors (Lipinski definition) is 1. The number of halogens is 2. The molecule has 2 unspecified atom stereocenters. The van der Waals surface area contributed by atoms with Gasteiger partial charge in [-0.15, -0.1) is 0 Å². The summed E-state index contributed by atoms with van der Waals surface area (Å²) in [6, 6.07) is 9.52. The Balaban J connectivity index is 1.56. The van der Waals surface area contributed by atoms with Gasteiger partial charge in [0.2, 0.25) is 0 Å². The Kier molecular flexibility index (Phi) is 4.20. The molecule has 3 aromatic rings. The standard InChI is InChI=1S/C22H19F2N3O2/c1-12-4-2-5-15-19(12)16(22(28)27-10-13-8-14(11-27)29-13)9-25-21(15)26-18-7-3-6-17(23)20(18)24/h2-7,9,13-14H,8,10-11H2,1H3,(H,25,26). The summed E-state index contributed by atoms with van der Waals surface area (Å²) in [6.45, 7) is 3.08. The molecule has 3 aliphatic heterocycles. The zero-order valence-electron chi connectivity index (χ0n) is 15.8. The maximum absolute atomic E-state index is 14.1. The van der Waals surface area contributed by atoms with Crippen molar-refractivity contribution in [1.82, 2.24) is 9.88 Å². The van der Waals surface area contributed by atoms with Gasteiger partial charge < -0.3 is 15.0 Å². The number of ether oxygens (including phenoxy) is 1. The topological polar surface area (TPSA) is 54.5 Å². The van der Waals surface area contributed by atoms with Crippen LogP contribution in [0.4, 0.5) is 20.3 Å². The van der Waals surface area contributed by atoms with Gasteiger partial charge in [0.05, 0.1) is 23.5 Å². The molecule has 1 aromatic heterocycles. The number of pyridine rings is 1.